The number of rotatable bonds is 7. The Morgan fingerprint density at radius 3 is 2.41 bits per heavy atom. The number of carbonyl (C=O) groups excluding carboxylic acids is 1. The van der Waals surface area contributed by atoms with Crippen molar-refractivity contribution in [2.24, 2.45) is 0 Å². The third-order valence-corrected chi connectivity index (χ3v) is 5.27. The van der Waals surface area contributed by atoms with E-state index in [9.17, 15) is 14.7 Å². The van der Waals surface area contributed by atoms with Crippen molar-refractivity contribution in [3.8, 4) is 11.1 Å². The topological polar surface area (TPSA) is 66.4 Å². The van der Waals surface area contributed by atoms with E-state index in [0.29, 0.717) is 28.4 Å². The van der Waals surface area contributed by atoms with Gasteiger partial charge in [-0.05, 0) is 36.1 Å². The van der Waals surface area contributed by atoms with Crippen molar-refractivity contribution in [3.63, 3.8) is 0 Å². The molecular formula is C21H18ClNO3S. The summed E-state index contributed by atoms with van der Waals surface area (Å²) in [7, 11) is 0. The number of halogens is 1. The predicted molar refractivity (Wildman–Crippen MR) is 110 cm³/mol. The van der Waals surface area contributed by atoms with E-state index in [-0.39, 0.29) is 11.5 Å². The maximum absolute atomic E-state index is 12.3. The monoisotopic (exact) mass is 399 g/mol. The van der Waals surface area contributed by atoms with Gasteiger partial charge < -0.3 is 10.4 Å². The number of hydrogen-bond acceptors (Lipinski definition) is 3. The van der Waals surface area contributed by atoms with Gasteiger partial charge in [0.05, 0.1) is 0 Å². The number of aryl methyl sites for hydroxylation is 1. The van der Waals surface area contributed by atoms with E-state index < -0.39 is 5.97 Å². The van der Waals surface area contributed by atoms with E-state index in [1.807, 2.05) is 30.3 Å². The molecule has 1 aromatic heterocycles. The summed E-state index contributed by atoms with van der Waals surface area (Å²) in [4.78, 5) is 24.0. The van der Waals surface area contributed by atoms with E-state index >= 15 is 0 Å². The van der Waals surface area contributed by atoms with Crippen LogP contribution in [0.2, 0.25) is 5.02 Å². The van der Waals surface area contributed by atoms with Crippen molar-refractivity contribution in [1.82, 2.24) is 0 Å². The fourth-order valence-electron chi connectivity index (χ4n) is 2.79. The number of anilines is 1. The first-order valence-corrected chi connectivity index (χ1v) is 9.75. The van der Waals surface area contributed by atoms with Gasteiger partial charge in [-0.2, -0.15) is 0 Å². The lowest BCUT2D eigenvalue weighted by molar-refractivity contribution is -0.116. The maximum Gasteiger partial charge on any atom is 0.339 e. The van der Waals surface area contributed by atoms with Crippen molar-refractivity contribution < 1.29 is 14.7 Å². The summed E-state index contributed by atoms with van der Waals surface area (Å²) < 4.78 is 0. The van der Waals surface area contributed by atoms with E-state index in [0.717, 1.165) is 12.0 Å². The van der Waals surface area contributed by atoms with Crippen LogP contribution in [0.1, 0.15) is 28.8 Å². The average Bonchev–Trinajstić information content (AvgIpc) is 3.07. The summed E-state index contributed by atoms with van der Waals surface area (Å²) in [6.45, 7) is 0. The Kier molecular flexibility index (Phi) is 6.27. The van der Waals surface area contributed by atoms with Crippen LogP contribution in [0.15, 0.2) is 60.0 Å². The van der Waals surface area contributed by atoms with Gasteiger partial charge in [0.15, 0.2) is 0 Å². The SMILES string of the molecule is O=C(CCCc1ccccc1)Nc1scc(-c2ccc(Cl)cc2)c1C(=O)O. The molecule has 3 aromatic rings. The van der Waals surface area contributed by atoms with Crippen LogP contribution in [0, 0.1) is 0 Å². The second kappa shape index (κ2) is 8.84. The van der Waals surface area contributed by atoms with Gasteiger partial charge >= 0.3 is 5.97 Å². The number of carboxylic acids is 1. The van der Waals surface area contributed by atoms with E-state index in [1.54, 1.807) is 29.6 Å². The lowest BCUT2D eigenvalue weighted by Gasteiger charge is -2.06. The molecule has 1 amide bonds. The van der Waals surface area contributed by atoms with Gasteiger partial charge in [0.1, 0.15) is 10.6 Å². The molecule has 0 bridgehead atoms. The predicted octanol–water partition coefficient (Wildman–Crippen LogP) is 5.73. The van der Waals surface area contributed by atoms with Crippen LogP contribution in [0.25, 0.3) is 11.1 Å². The summed E-state index contributed by atoms with van der Waals surface area (Å²) in [6, 6.07) is 16.9. The fourth-order valence-corrected chi connectivity index (χ4v) is 3.89. The van der Waals surface area contributed by atoms with Gasteiger partial charge in [0.2, 0.25) is 5.91 Å². The maximum atomic E-state index is 12.3. The number of carboxylic acid groups (broad SMARTS) is 1. The highest BCUT2D eigenvalue weighted by Crippen LogP contribution is 2.36. The Morgan fingerprint density at radius 2 is 1.74 bits per heavy atom. The molecule has 0 aliphatic heterocycles. The molecule has 2 N–H and O–H groups in total. The highest BCUT2D eigenvalue weighted by Gasteiger charge is 2.21. The molecule has 4 nitrogen and oxygen atoms in total. The largest absolute Gasteiger partial charge is 0.478 e. The number of amides is 1. The van der Waals surface area contributed by atoms with Gasteiger partial charge in [-0.1, -0.05) is 54.1 Å². The number of hydrogen-bond donors (Lipinski definition) is 2. The van der Waals surface area contributed by atoms with Crippen LogP contribution in [0.3, 0.4) is 0 Å². The number of nitrogens with one attached hydrogen (secondary N) is 1. The molecule has 3 rings (SSSR count). The van der Waals surface area contributed by atoms with Gasteiger partial charge in [-0.3, -0.25) is 4.79 Å². The fraction of sp³-hybridized carbons (Fsp3) is 0.143. The minimum atomic E-state index is -1.07. The van der Waals surface area contributed by atoms with Crippen molar-refractivity contribution in [2.45, 2.75) is 19.3 Å². The molecule has 0 saturated heterocycles. The zero-order valence-electron chi connectivity index (χ0n) is 14.4. The van der Waals surface area contributed by atoms with Crippen molar-refractivity contribution in [2.75, 3.05) is 5.32 Å². The molecule has 0 spiro atoms. The minimum Gasteiger partial charge on any atom is -0.478 e. The highest BCUT2D eigenvalue weighted by atomic mass is 35.5. The average molecular weight is 400 g/mol. The normalized spacial score (nSPS) is 10.6. The van der Waals surface area contributed by atoms with Gasteiger partial charge in [0.25, 0.3) is 0 Å². The van der Waals surface area contributed by atoms with Gasteiger partial charge in [-0.25, -0.2) is 4.79 Å². The van der Waals surface area contributed by atoms with Crippen molar-refractivity contribution >= 4 is 39.8 Å². The van der Waals surface area contributed by atoms with Crippen LogP contribution in [-0.2, 0) is 11.2 Å². The second-order valence-electron chi connectivity index (χ2n) is 6.05. The van der Waals surface area contributed by atoms with Crippen molar-refractivity contribution in [3.05, 3.63) is 76.1 Å². The van der Waals surface area contributed by atoms with Gasteiger partial charge in [-0.15, -0.1) is 11.3 Å². The molecule has 6 heteroatoms. The third kappa shape index (κ3) is 4.96. The molecule has 1 heterocycles. The van der Waals surface area contributed by atoms with Crippen LogP contribution < -0.4 is 5.32 Å². The van der Waals surface area contributed by atoms with Gasteiger partial charge in [0, 0.05) is 22.4 Å². The van der Waals surface area contributed by atoms with E-state index in [1.165, 1.54) is 16.9 Å². The second-order valence-corrected chi connectivity index (χ2v) is 7.37. The summed E-state index contributed by atoms with van der Waals surface area (Å²) in [6.07, 6.45) is 1.84. The molecule has 0 saturated carbocycles. The zero-order valence-corrected chi connectivity index (χ0v) is 16.0. The minimum absolute atomic E-state index is 0.110. The number of carbonyl (C=O) groups is 2. The molecular weight excluding hydrogens is 382 g/mol. The summed E-state index contributed by atoms with van der Waals surface area (Å²) >= 11 is 7.11. The first kappa shape index (κ1) is 19.1. The quantitative estimate of drug-likeness (QED) is 0.533. The Balaban J connectivity index is 1.68. The number of aromatic carboxylic acids is 1. The molecule has 0 radical (unpaired) electrons. The van der Waals surface area contributed by atoms with Crippen LogP contribution in [-0.4, -0.2) is 17.0 Å². The first-order chi connectivity index (χ1) is 13.0. The molecule has 0 atom stereocenters. The smallest absolute Gasteiger partial charge is 0.339 e. The Hall–Kier alpha value is -2.63. The van der Waals surface area contributed by atoms with Crippen LogP contribution in [0.5, 0.6) is 0 Å². The lowest BCUT2D eigenvalue weighted by atomic mass is 10.0. The van der Waals surface area contributed by atoms with Crippen molar-refractivity contribution in [1.29, 1.82) is 0 Å². The standard InChI is InChI=1S/C21H18ClNO3S/c22-16-11-9-15(10-12-16)17-13-27-20(19(17)21(25)26)23-18(24)8-4-7-14-5-2-1-3-6-14/h1-3,5-6,9-13H,4,7-8H2,(H,23,24)(H,25,26). The summed E-state index contributed by atoms with van der Waals surface area (Å²) in [5.74, 6) is -1.25. The Bertz CT molecular complexity index is 936. The molecule has 138 valence electrons. The highest BCUT2D eigenvalue weighted by molar-refractivity contribution is 7.15. The lowest BCUT2D eigenvalue weighted by Crippen LogP contribution is -2.13. The number of thiophene rings is 1. The first-order valence-electron chi connectivity index (χ1n) is 8.49. The van der Waals surface area contributed by atoms with Crippen LogP contribution >= 0.6 is 22.9 Å². The third-order valence-electron chi connectivity index (χ3n) is 4.13. The van der Waals surface area contributed by atoms with E-state index in [4.69, 9.17) is 11.6 Å². The molecule has 2 aromatic carbocycles. The molecule has 0 aliphatic carbocycles. The van der Waals surface area contributed by atoms with E-state index in [2.05, 4.69) is 5.32 Å². The van der Waals surface area contributed by atoms with Crippen LogP contribution in [0.4, 0.5) is 5.00 Å². The molecule has 27 heavy (non-hydrogen) atoms. The zero-order chi connectivity index (χ0) is 19.2. The summed E-state index contributed by atoms with van der Waals surface area (Å²) in [5.41, 5.74) is 2.61. The molecule has 0 aliphatic rings. The number of benzene rings is 2. The molecule has 0 unspecified atom stereocenters. The Labute approximate surface area is 166 Å². The Morgan fingerprint density at radius 1 is 1.04 bits per heavy atom. The molecule has 0 fully saturated rings. The summed E-state index contributed by atoms with van der Waals surface area (Å²) in [5, 5.41) is 15.1.